The summed E-state index contributed by atoms with van der Waals surface area (Å²) in [4.78, 5) is 29.0. The molecule has 4 aromatic rings. The van der Waals surface area contributed by atoms with Crippen molar-refractivity contribution in [2.75, 3.05) is 17.7 Å². The lowest BCUT2D eigenvalue weighted by molar-refractivity contribution is -0.116. The fraction of sp³-hybridized carbons (Fsp3) is 0.125. The van der Waals surface area contributed by atoms with E-state index in [1.54, 1.807) is 24.3 Å². The molecule has 0 atom stereocenters. The summed E-state index contributed by atoms with van der Waals surface area (Å²) in [5.41, 5.74) is 2.80. The first kappa shape index (κ1) is 20.9. The van der Waals surface area contributed by atoms with Gasteiger partial charge in [-0.05, 0) is 42.5 Å². The molecular formula is C24H23N5O3. The molecule has 1 aromatic heterocycles. The highest BCUT2D eigenvalue weighted by Gasteiger charge is 2.14. The van der Waals surface area contributed by atoms with Gasteiger partial charge in [-0.3, -0.25) is 4.79 Å². The SMILES string of the molecule is CNC(=O)Nc1cccc(NC(=O)Cn2c(COc3ccccc3)nc3ccccc32)c1. The van der Waals surface area contributed by atoms with Crippen LogP contribution in [0, 0.1) is 0 Å². The predicted molar refractivity (Wildman–Crippen MR) is 124 cm³/mol. The number of urea groups is 1. The van der Waals surface area contributed by atoms with Gasteiger partial charge in [-0.15, -0.1) is 0 Å². The van der Waals surface area contributed by atoms with E-state index in [4.69, 9.17) is 4.74 Å². The van der Waals surface area contributed by atoms with Crippen molar-refractivity contribution in [1.82, 2.24) is 14.9 Å². The van der Waals surface area contributed by atoms with Gasteiger partial charge >= 0.3 is 6.03 Å². The summed E-state index contributed by atoms with van der Waals surface area (Å²) in [5, 5.41) is 8.05. The third kappa shape index (κ3) is 5.04. The van der Waals surface area contributed by atoms with Gasteiger partial charge in [0.15, 0.2) is 0 Å². The van der Waals surface area contributed by atoms with E-state index >= 15 is 0 Å². The fourth-order valence-electron chi connectivity index (χ4n) is 3.29. The van der Waals surface area contributed by atoms with Gasteiger partial charge in [0.25, 0.3) is 0 Å². The van der Waals surface area contributed by atoms with Crippen LogP contribution in [0.1, 0.15) is 5.82 Å². The van der Waals surface area contributed by atoms with Crippen molar-refractivity contribution in [3.8, 4) is 5.75 Å². The topological polar surface area (TPSA) is 97.3 Å². The highest BCUT2D eigenvalue weighted by molar-refractivity contribution is 5.94. The Morgan fingerprint density at radius 2 is 1.62 bits per heavy atom. The summed E-state index contributed by atoms with van der Waals surface area (Å²) in [6, 6.07) is 23.8. The minimum Gasteiger partial charge on any atom is -0.486 e. The molecule has 0 unspecified atom stereocenters. The van der Waals surface area contributed by atoms with Crippen molar-refractivity contribution >= 4 is 34.3 Å². The molecule has 0 aliphatic rings. The number of hydrogen-bond acceptors (Lipinski definition) is 4. The average molecular weight is 429 g/mol. The van der Waals surface area contributed by atoms with Crippen molar-refractivity contribution < 1.29 is 14.3 Å². The predicted octanol–water partition coefficient (Wildman–Crippen LogP) is 4.01. The number of rotatable bonds is 7. The van der Waals surface area contributed by atoms with Crippen molar-refractivity contribution in [3.05, 3.63) is 84.7 Å². The normalized spacial score (nSPS) is 10.5. The van der Waals surface area contributed by atoms with Crippen LogP contribution in [0.15, 0.2) is 78.9 Å². The van der Waals surface area contributed by atoms with Crippen LogP contribution in [0.5, 0.6) is 5.75 Å². The van der Waals surface area contributed by atoms with Gasteiger partial charge < -0.3 is 25.3 Å². The number of aromatic nitrogens is 2. The molecule has 0 spiro atoms. The number of fused-ring (bicyclic) bond motifs is 1. The number of imidazole rings is 1. The van der Waals surface area contributed by atoms with Crippen molar-refractivity contribution in [3.63, 3.8) is 0 Å². The maximum absolute atomic E-state index is 12.8. The number of carbonyl (C=O) groups is 2. The van der Waals surface area contributed by atoms with E-state index in [0.717, 1.165) is 16.8 Å². The van der Waals surface area contributed by atoms with Gasteiger partial charge in [-0.1, -0.05) is 36.4 Å². The Balaban J connectivity index is 1.51. The molecule has 32 heavy (non-hydrogen) atoms. The third-order valence-electron chi connectivity index (χ3n) is 4.78. The zero-order valence-electron chi connectivity index (χ0n) is 17.5. The molecule has 0 aliphatic carbocycles. The summed E-state index contributed by atoms with van der Waals surface area (Å²) in [7, 11) is 1.54. The number of nitrogens with zero attached hydrogens (tertiary/aromatic N) is 2. The average Bonchev–Trinajstić information content (AvgIpc) is 3.15. The van der Waals surface area contributed by atoms with Crippen LogP contribution in [-0.2, 0) is 17.9 Å². The largest absolute Gasteiger partial charge is 0.486 e. The Labute approximate surface area is 185 Å². The molecule has 0 bridgehead atoms. The van der Waals surface area contributed by atoms with E-state index in [0.29, 0.717) is 17.2 Å². The quantitative estimate of drug-likeness (QED) is 0.414. The molecule has 1 heterocycles. The summed E-state index contributed by atoms with van der Waals surface area (Å²) in [6.07, 6.45) is 0. The second-order valence-corrected chi connectivity index (χ2v) is 7.04. The Bertz CT molecular complexity index is 1240. The Kier molecular flexibility index (Phi) is 6.31. The lowest BCUT2D eigenvalue weighted by Gasteiger charge is -2.12. The van der Waals surface area contributed by atoms with Crippen LogP contribution >= 0.6 is 0 Å². The standard InChI is InChI=1S/C24H23N5O3/c1-25-24(31)27-18-9-7-8-17(14-18)26-23(30)15-29-21-13-6-5-12-20(21)28-22(29)16-32-19-10-3-2-4-11-19/h2-14H,15-16H2,1H3,(H,26,30)(H2,25,27,31). The summed E-state index contributed by atoms with van der Waals surface area (Å²) in [5.74, 6) is 1.17. The van der Waals surface area contributed by atoms with E-state index in [1.165, 1.54) is 7.05 Å². The van der Waals surface area contributed by atoms with Crippen LogP contribution < -0.4 is 20.7 Å². The Morgan fingerprint density at radius 3 is 2.41 bits per heavy atom. The number of benzene rings is 3. The number of nitrogens with one attached hydrogen (secondary N) is 3. The molecular weight excluding hydrogens is 406 g/mol. The number of amides is 3. The van der Waals surface area contributed by atoms with Crippen molar-refractivity contribution in [1.29, 1.82) is 0 Å². The molecule has 3 amide bonds. The summed E-state index contributed by atoms with van der Waals surface area (Å²) >= 11 is 0. The first-order valence-corrected chi connectivity index (χ1v) is 10.1. The molecule has 8 heteroatoms. The first-order chi connectivity index (χ1) is 15.6. The number of anilines is 2. The molecule has 0 saturated heterocycles. The van der Waals surface area contributed by atoms with Gasteiger partial charge in [0, 0.05) is 18.4 Å². The fourth-order valence-corrected chi connectivity index (χ4v) is 3.29. The molecule has 0 aliphatic heterocycles. The number of para-hydroxylation sites is 3. The molecule has 0 fully saturated rings. The molecule has 162 valence electrons. The summed E-state index contributed by atoms with van der Waals surface area (Å²) in [6.45, 7) is 0.304. The summed E-state index contributed by atoms with van der Waals surface area (Å²) < 4.78 is 7.71. The molecule has 0 saturated carbocycles. The monoisotopic (exact) mass is 429 g/mol. The molecule has 4 rings (SSSR count). The molecule has 3 aromatic carbocycles. The minimum atomic E-state index is -0.332. The van der Waals surface area contributed by atoms with Crippen LogP contribution in [0.3, 0.4) is 0 Å². The minimum absolute atomic E-state index is 0.0705. The lowest BCUT2D eigenvalue weighted by Crippen LogP contribution is -2.24. The van der Waals surface area contributed by atoms with Crippen molar-refractivity contribution in [2.24, 2.45) is 0 Å². The highest BCUT2D eigenvalue weighted by Crippen LogP contribution is 2.19. The van der Waals surface area contributed by atoms with Crippen LogP contribution in [0.2, 0.25) is 0 Å². The first-order valence-electron chi connectivity index (χ1n) is 10.1. The van der Waals surface area contributed by atoms with E-state index in [9.17, 15) is 9.59 Å². The maximum Gasteiger partial charge on any atom is 0.318 e. The zero-order chi connectivity index (χ0) is 22.3. The number of ether oxygens (including phenoxy) is 1. The lowest BCUT2D eigenvalue weighted by atomic mass is 10.2. The molecule has 0 radical (unpaired) electrons. The second kappa shape index (κ2) is 9.65. The highest BCUT2D eigenvalue weighted by atomic mass is 16.5. The number of carbonyl (C=O) groups excluding carboxylic acids is 2. The van der Waals surface area contributed by atoms with Crippen LogP contribution in [0.25, 0.3) is 11.0 Å². The van der Waals surface area contributed by atoms with Crippen LogP contribution in [0.4, 0.5) is 16.2 Å². The van der Waals surface area contributed by atoms with Gasteiger partial charge in [-0.2, -0.15) is 0 Å². The van der Waals surface area contributed by atoms with E-state index in [1.807, 2.05) is 59.2 Å². The number of hydrogen-bond donors (Lipinski definition) is 3. The molecule has 3 N–H and O–H groups in total. The van der Waals surface area contributed by atoms with Gasteiger partial charge in [0.1, 0.15) is 24.7 Å². The Morgan fingerprint density at radius 1 is 0.906 bits per heavy atom. The smallest absolute Gasteiger partial charge is 0.318 e. The zero-order valence-corrected chi connectivity index (χ0v) is 17.5. The van der Waals surface area contributed by atoms with E-state index in [-0.39, 0.29) is 25.1 Å². The Hall–Kier alpha value is -4.33. The van der Waals surface area contributed by atoms with Gasteiger partial charge in [-0.25, -0.2) is 9.78 Å². The van der Waals surface area contributed by atoms with E-state index in [2.05, 4.69) is 20.9 Å². The molecule has 8 nitrogen and oxygen atoms in total. The van der Waals surface area contributed by atoms with Crippen molar-refractivity contribution in [2.45, 2.75) is 13.2 Å². The van der Waals surface area contributed by atoms with Gasteiger partial charge in [0.2, 0.25) is 5.91 Å². The van der Waals surface area contributed by atoms with Gasteiger partial charge in [0.05, 0.1) is 11.0 Å². The second-order valence-electron chi connectivity index (χ2n) is 7.04. The van der Waals surface area contributed by atoms with E-state index < -0.39 is 0 Å². The third-order valence-corrected chi connectivity index (χ3v) is 4.78. The maximum atomic E-state index is 12.8. The van der Waals surface area contributed by atoms with Crippen LogP contribution in [-0.4, -0.2) is 28.5 Å².